The summed E-state index contributed by atoms with van der Waals surface area (Å²) in [6.45, 7) is 0.862. The van der Waals surface area contributed by atoms with E-state index in [-0.39, 0.29) is 12.0 Å². The predicted molar refractivity (Wildman–Crippen MR) is 110 cm³/mol. The number of imidazole rings is 1. The van der Waals surface area contributed by atoms with Crippen LogP contribution in [0.1, 0.15) is 29.3 Å². The molecule has 1 aliphatic rings. The fraction of sp³-hybridized carbons (Fsp3) is 0.217. The molecule has 0 radical (unpaired) electrons. The van der Waals surface area contributed by atoms with Gasteiger partial charge in [0.05, 0.1) is 0 Å². The average molecular weight is 373 g/mol. The third kappa shape index (κ3) is 3.69. The summed E-state index contributed by atoms with van der Waals surface area (Å²) in [7, 11) is 1.95. The van der Waals surface area contributed by atoms with Crippen molar-refractivity contribution in [2.45, 2.75) is 12.3 Å². The number of fused-ring (bicyclic) bond motifs is 3. The van der Waals surface area contributed by atoms with Gasteiger partial charge in [0, 0.05) is 31.9 Å². The van der Waals surface area contributed by atoms with E-state index in [2.05, 4.69) is 34.6 Å². The summed E-state index contributed by atoms with van der Waals surface area (Å²) < 4.78 is 7.46. The van der Waals surface area contributed by atoms with Crippen molar-refractivity contribution < 1.29 is 9.53 Å². The first kappa shape index (κ1) is 18.0. The number of aromatic nitrogens is 2. The number of nitrogens with zero attached hydrogens (tertiary/aromatic N) is 2. The Bertz CT molecular complexity index is 961. The molecular formula is C23H23N3O2. The van der Waals surface area contributed by atoms with Crippen LogP contribution in [0.3, 0.4) is 0 Å². The van der Waals surface area contributed by atoms with Crippen LogP contribution in [-0.4, -0.2) is 28.8 Å². The maximum atomic E-state index is 12.1. The lowest BCUT2D eigenvalue weighted by Crippen LogP contribution is -2.26. The first-order chi connectivity index (χ1) is 13.7. The number of benzene rings is 2. The second kappa shape index (κ2) is 8.13. The molecular weight excluding hydrogens is 350 g/mol. The highest BCUT2D eigenvalue weighted by Crippen LogP contribution is 2.44. The highest BCUT2D eigenvalue weighted by molar-refractivity contribution is 5.79. The minimum absolute atomic E-state index is 0.0847. The van der Waals surface area contributed by atoms with E-state index in [1.54, 1.807) is 6.20 Å². The zero-order valence-corrected chi connectivity index (χ0v) is 15.8. The normalized spacial score (nSPS) is 12.8. The number of hydrogen-bond acceptors (Lipinski definition) is 3. The van der Waals surface area contributed by atoms with E-state index in [1.807, 2.05) is 54.2 Å². The monoisotopic (exact) mass is 373 g/mol. The lowest BCUT2D eigenvalue weighted by Gasteiger charge is -2.14. The Morgan fingerprint density at radius 2 is 1.82 bits per heavy atom. The van der Waals surface area contributed by atoms with E-state index in [1.165, 1.54) is 22.3 Å². The smallest absolute Gasteiger partial charge is 0.407 e. The summed E-state index contributed by atoms with van der Waals surface area (Å²) in [6.07, 6.45) is 7.93. The first-order valence-corrected chi connectivity index (χ1v) is 9.47. The lowest BCUT2D eigenvalue weighted by atomic mass is 9.98. The summed E-state index contributed by atoms with van der Waals surface area (Å²) in [4.78, 5) is 16.3. The molecule has 0 fully saturated rings. The fourth-order valence-corrected chi connectivity index (χ4v) is 3.63. The van der Waals surface area contributed by atoms with Crippen LogP contribution in [0.4, 0.5) is 4.79 Å². The van der Waals surface area contributed by atoms with Crippen LogP contribution < -0.4 is 5.32 Å². The Balaban J connectivity index is 1.29. The van der Waals surface area contributed by atoms with Gasteiger partial charge in [-0.25, -0.2) is 9.78 Å². The maximum absolute atomic E-state index is 12.1. The molecule has 0 unspecified atom stereocenters. The number of amides is 1. The van der Waals surface area contributed by atoms with Gasteiger partial charge >= 0.3 is 6.09 Å². The van der Waals surface area contributed by atoms with Crippen molar-refractivity contribution in [3.8, 4) is 11.1 Å². The average Bonchev–Trinajstić information content (AvgIpc) is 3.27. The molecule has 4 rings (SSSR count). The van der Waals surface area contributed by atoms with Gasteiger partial charge < -0.3 is 14.6 Å². The molecule has 1 aliphatic carbocycles. The lowest BCUT2D eigenvalue weighted by molar-refractivity contribution is 0.143. The van der Waals surface area contributed by atoms with Crippen molar-refractivity contribution in [2.75, 3.05) is 13.2 Å². The number of carbonyl (C=O) groups excluding carboxylic acids is 1. The first-order valence-electron chi connectivity index (χ1n) is 9.47. The van der Waals surface area contributed by atoms with Gasteiger partial charge in [0.15, 0.2) is 0 Å². The van der Waals surface area contributed by atoms with Crippen LogP contribution in [-0.2, 0) is 11.8 Å². The van der Waals surface area contributed by atoms with Crippen LogP contribution >= 0.6 is 0 Å². The molecule has 1 amide bonds. The highest BCUT2D eigenvalue weighted by atomic mass is 16.5. The van der Waals surface area contributed by atoms with E-state index in [4.69, 9.17) is 4.74 Å². The molecule has 2 aromatic carbocycles. The second-order valence-electron chi connectivity index (χ2n) is 6.84. The molecule has 0 saturated carbocycles. The molecule has 0 bridgehead atoms. The summed E-state index contributed by atoms with van der Waals surface area (Å²) in [6, 6.07) is 16.6. The van der Waals surface area contributed by atoms with Gasteiger partial charge in [-0.3, -0.25) is 0 Å². The quantitative estimate of drug-likeness (QED) is 0.653. The van der Waals surface area contributed by atoms with Crippen LogP contribution in [0.15, 0.2) is 67.0 Å². The molecule has 1 N–H and O–H groups in total. The van der Waals surface area contributed by atoms with E-state index < -0.39 is 0 Å². The van der Waals surface area contributed by atoms with E-state index >= 15 is 0 Å². The van der Waals surface area contributed by atoms with Gasteiger partial charge in [-0.1, -0.05) is 54.6 Å². The summed E-state index contributed by atoms with van der Waals surface area (Å²) >= 11 is 0. The van der Waals surface area contributed by atoms with Crippen molar-refractivity contribution in [2.24, 2.45) is 7.05 Å². The van der Waals surface area contributed by atoms with Gasteiger partial charge in [-0.05, 0) is 34.8 Å². The zero-order chi connectivity index (χ0) is 19.3. The van der Waals surface area contributed by atoms with Crippen LogP contribution in [0.25, 0.3) is 17.2 Å². The van der Waals surface area contributed by atoms with Crippen LogP contribution in [0.5, 0.6) is 0 Å². The Morgan fingerprint density at radius 3 is 2.46 bits per heavy atom. The molecule has 142 valence electrons. The maximum Gasteiger partial charge on any atom is 0.407 e. The fourth-order valence-electron chi connectivity index (χ4n) is 3.63. The Kier molecular flexibility index (Phi) is 5.24. The molecule has 5 heteroatoms. The number of hydrogen-bond donors (Lipinski definition) is 1. The number of carbonyl (C=O) groups is 1. The van der Waals surface area contributed by atoms with Gasteiger partial charge in [0.1, 0.15) is 12.4 Å². The molecule has 0 aliphatic heterocycles. The second-order valence-corrected chi connectivity index (χ2v) is 6.84. The number of alkyl carbamates (subject to hydrolysis) is 1. The molecule has 0 atom stereocenters. The zero-order valence-electron chi connectivity index (χ0n) is 15.8. The SMILES string of the molecule is Cn1ccnc1C=CCCNC(=O)OCC1c2ccccc2-c2ccccc21. The van der Waals surface area contributed by atoms with Gasteiger partial charge in [-0.15, -0.1) is 0 Å². The molecule has 1 heterocycles. The summed E-state index contributed by atoms with van der Waals surface area (Å²) in [5, 5.41) is 2.81. The standard InChI is InChI=1S/C23H23N3O2/c1-26-15-14-24-22(26)12-6-7-13-25-23(27)28-16-21-19-10-4-2-8-17(19)18-9-3-5-11-20(18)21/h2-6,8-12,14-15,21H,7,13,16H2,1H3,(H,25,27). The summed E-state index contributed by atoms with van der Waals surface area (Å²) in [5.41, 5.74) is 4.89. The molecule has 0 spiro atoms. The topological polar surface area (TPSA) is 56.2 Å². The van der Waals surface area contributed by atoms with Crippen LogP contribution in [0, 0.1) is 0 Å². The number of ether oxygens (including phenoxy) is 1. The van der Waals surface area contributed by atoms with Crippen molar-refractivity contribution in [3.05, 3.63) is 84.0 Å². The highest BCUT2D eigenvalue weighted by Gasteiger charge is 2.28. The Labute approximate surface area is 164 Å². The van der Waals surface area contributed by atoms with Gasteiger partial charge in [-0.2, -0.15) is 0 Å². The Hall–Kier alpha value is -3.34. The van der Waals surface area contributed by atoms with E-state index in [0.717, 1.165) is 12.2 Å². The third-order valence-electron chi connectivity index (χ3n) is 5.05. The van der Waals surface area contributed by atoms with Crippen molar-refractivity contribution in [1.82, 2.24) is 14.9 Å². The largest absolute Gasteiger partial charge is 0.449 e. The van der Waals surface area contributed by atoms with Crippen molar-refractivity contribution in [3.63, 3.8) is 0 Å². The van der Waals surface area contributed by atoms with E-state index in [0.29, 0.717) is 13.2 Å². The van der Waals surface area contributed by atoms with E-state index in [9.17, 15) is 4.79 Å². The molecule has 1 aromatic heterocycles. The molecule has 28 heavy (non-hydrogen) atoms. The number of aryl methyl sites for hydroxylation is 1. The van der Waals surface area contributed by atoms with Gasteiger partial charge in [0.25, 0.3) is 0 Å². The molecule has 0 saturated heterocycles. The van der Waals surface area contributed by atoms with Crippen molar-refractivity contribution >= 4 is 12.2 Å². The minimum atomic E-state index is -0.382. The van der Waals surface area contributed by atoms with Crippen molar-refractivity contribution in [1.29, 1.82) is 0 Å². The number of nitrogens with one attached hydrogen (secondary N) is 1. The summed E-state index contributed by atoms with van der Waals surface area (Å²) in [5.74, 6) is 0.975. The predicted octanol–water partition coefficient (Wildman–Crippen LogP) is 4.36. The molecule has 5 nitrogen and oxygen atoms in total. The number of rotatable bonds is 6. The minimum Gasteiger partial charge on any atom is -0.449 e. The Morgan fingerprint density at radius 1 is 1.14 bits per heavy atom. The molecule has 3 aromatic rings. The van der Waals surface area contributed by atoms with Gasteiger partial charge in [0.2, 0.25) is 0 Å². The van der Waals surface area contributed by atoms with Crippen LogP contribution in [0.2, 0.25) is 0 Å². The third-order valence-corrected chi connectivity index (χ3v) is 5.05.